The van der Waals surface area contributed by atoms with Gasteiger partial charge in [0.2, 0.25) is 6.41 Å². The van der Waals surface area contributed by atoms with E-state index in [0.29, 0.717) is 24.6 Å². The van der Waals surface area contributed by atoms with E-state index in [1.165, 1.54) is 32.1 Å². The highest BCUT2D eigenvalue weighted by molar-refractivity contribution is 9.10. The van der Waals surface area contributed by atoms with Crippen molar-refractivity contribution in [3.05, 3.63) is 50.7 Å². The number of benzene rings is 1. The van der Waals surface area contributed by atoms with E-state index in [1.807, 2.05) is 39.8 Å². The summed E-state index contributed by atoms with van der Waals surface area (Å²) in [6.45, 7) is 8.27. The van der Waals surface area contributed by atoms with Crippen LogP contribution in [0.3, 0.4) is 0 Å². The van der Waals surface area contributed by atoms with Crippen molar-refractivity contribution in [1.29, 1.82) is 0 Å². The molecule has 1 fully saturated rings. The molecule has 0 aliphatic heterocycles. The van der Waals surface area contributed by atoms with Gasteiger partial charge in [0.05, 0.1) is 0 Å². The highest BCUT2D eigenvalue weighted by Gasteiger charge is 2.22. The van der Waals surface area contributed by atoms with Crippen molar-refractivity contribution in [2.45, 2.75) is 65.8 Å². The van der Waals surface area contributed by atoms with E-state index in [1.54, 1.807) is 0 Å². The summed E-state index contributed by atoms with van der Waals surface area (Å²) in [5.41, 5.74) is 5.65. The van der Waals surface area contributed by atoms with Crippen molar-refractivity contribution in [1.82, 2.24) is 10.6 Å². The Morgan fingerprint density at radius 3 is 2.50 bits per heavy atom. The lowest BCUT2D eigenvalue weighted by atomic mass is 9.93. The number of hydrogen-bond acceptors (Lipinski definition) is 3. The van der Waals surface area contributed by atoms with Gasteiger partial charge < -0.3 is 15.5 Å². The fraction of sp³-hybridized carbons (Fsp3) is 0.500. The van der Waals surface area contributed by atoms with Gasteiger partial charge >= 0.3 is 0 Å². The molecule has 1 saturated carbocycles. The normalized spacial score (nSPS) is 16.0. The van der Waals surface area contributed by atoms with Crippen molar-refractivity contribution < 1.29 is 9.59 Å². The van der Waals surface area contributed by atoms with E-state index in [2.05, 4.69) is 44.6 Å². The molecule has 0 unspecified atom stereocenters. The summed E-state index contributed by atoms with van der Waals surface area (Å²) in [6, 6.07) is 4.54. The maximum Gasteiger partial charge on any atom is 0.251 e. The molecule has 2 N–H and O–H groups in total. The number of amides is 2. The second kappa shape index (κ2) is 11.3. The number of carbonyl (C=O) groups is 2. The van der Waals surface area contributed by atoms with Crippen LogP contribution in [-0.2, 0) is 4.79 Å². The molecule has 0 heterocycles. The zero-order valence-electron chi connectivity index (χ0n) is 18.8. The Kier molecular flexibility index (Phi) is 9.15. The third-order valence-corrected chi connectivity index (χ3v) is 6.46. The van der Waals surface area contributed by atoms with Crippen LogP contribution in [0.15, 0.2) is 39.5 Å². The fourth-order valence-corrected chi connectivity index (χ4v) is 4.41. The van der Waals surface area contributed by atoms with E-state index in [0.717, 1.165) is 32.6 Å². The van der Waals surface area contributed by atoms with E-state index in [-0.39, 0.29) is 5.91 Å². The molecule has 6 heteroatoms. The Labute approximate surface area is 189 Å². The molecule has 5 nitrogen and oxygen atoms in total. The van der Waals surface area contributed by atoms with Crippen LogP contribution in [0.4, 0.5) is 5.69 Å². The Hall–Kier alpha value is -2.08. The van der Waals surface area contributed by atoms with Crippen molar-refractivity contribution in [3.8, 4) is 0 Å². The number of halogens is 1. The summed E-state index contributed by atoms with van der Waals surface area (Å²) in [6.07, 6.45) is 8.85. The first-order valence-electron chi connectivity index (χ1n) is 10.6. The molecule has 164 valence electrons. The number of hydrogen-bond donors (Lipinski definition) is 2. The minimum Gasteiger partial charge on any atom is -0.371 e. The van der Waals surface area contributed by atoms with Gasteiger partial charge in [-0.1, -0.05) is 40.8 Å². The molecular weight excluding hydrogens is 442 g/mol. The quantitative estimate of drug-likeness (QED) is 0.398. The van der Waals surface area contributed by atoms with Crippen LogP contribution >= 0.6 is 15.9 Å². The molecular formula is C24H34BrN3O2. The number of anilines is 1. The van der Waals surface area contributed by atoms with Crippen LogP contribution in [0.2, 0.25) is 0 Å². The summed E-state index contributed by atoms with van der Waals surface area (Å²) in [7, 11) is 2.14. The van der Waals surface area contributed by atoms with Crippen LogP contribution in [0, 0.1) is 6.92 Å². The maximum atomic E-state index is 13.0. The molecule has 2 amide bonds. The summed E-state index contributed by atoms with van der Waals surface area (Å²) in [4.78, 5) is 25.9. The molecule has 0 spiro atoms. The van der Waals surface area contributed by atoms with Gasteiger partial charge in [-0.25, -0.2) is 0 Å². The summed E-state index contributed by atoms with van der Waals surface area (Å²) in [5, 5.41) is 5.67. The van der Waals surface area contributed by atoms with Crippen molar-refractivity contribution in [2.75, 3.05) is 18.5 Å². The molecule has 1 aromatic carbocycles. The molecule has 0 aromatic heterocycles. The van der Waals surface area contributed by atoms with Crippen LogP contribution in [0.25, 0.3) is 0 Å². The second-order valence-corrected chi connectivity index (χ2v) is 9.15. The molecule has 1 aromatic rings. The predicted molar refractivity (Wildman–Crippen MR) is 128 cm³/mol. The molecule has 0 radical (unpaired) electrons. The first-order valence-corrected chi connectivity index (χ1v) is 11.4. The Balaban J connectivity index is 2.16. The van der Waals surface area contributed by atoms with Gasteiger partial charge in [0, 0.05) is 41.1 Å². The standard InChI is InChI=1S/C24H34BrN3O2/c1-16(11-18(3)27-15-29)17(2)14-26-24(30)22-12-20(25)13-23(19(22)4)28(5)21-9-7-6-8-10-21/h11-13,15,21H,6-10,14H2,1-5H3,(H,26,30)(H,27,29)/b17-16+,18-11-. The van der Waals surface area contributed by atoms with Gasteiger partial charge in [-0.2, -0.15) is 0 Å². The van der Waals surface area contributed by atoms with Gasteiger partial charge in [0.25, 0.3) is 5.91 Å². The van der Waals surface area contributed by atoms with Crippen LogP contribution in [0.1, 0.15) is 68.8 Å². The fourth-order valence-electron chi connectivity index (χ4n) is 3.96. The lowest BCUT2D eigenvalue weighted by Gasteiger charge is -2.34. The average Bonchev–Trinajstić information content (AvgIpc) is 2.73. The third kappa shape index (κ3) is 6.46. The average molecular weight is 476 g/mol. The van der Waals surface area contributed by atoms with E-state index in [4.69, 9.17) is 0 Å². The molecule has 0 atom stereocenters. The lowest BCUT2D eigenvalue weighted by molar-refractivity contribution is -0.108. The largest absolute Gasteiger partial charge is 0.371 e. The zero-order valence-corrected chi connectivity index (χ0v) is 20.4. The summed E-state index contributed by atoms with van der Waals surface area (Å²) < 4.78 is 0.915. The van der Waals surface area contributed by atoms with Gasteiger partial charge in [-0.05, 0) is 69.9 Å². The first kappa shape index (κ1) is 24.2. The van der Waals surface area contributed by atoms with Crippen molar-refractivity contribution in [3.63, 3.8) is 0 Å². The predicted octanol–water partition coefficient (Wildman–Crippen LogP) is 5.24. The first-order chi connectivity index (χ1) is 14.2. The van der Waals surface area contributed by atoms with E-state index in [9.17, 15) is 9.59 Å². The summed E-state index contributed by atoms with van der Waals surface area (Å²) in [5.74, 6) is -0.0778. The Bertz CT molecular complexity index is 839. The van der Waals surface area contributed by atoms with Gasteiger partial charge in [0.15, 0.2) is 0 Å². The van der Waals surface area contributed by atoms with Crippen LogP contribution < -0.4 is 15.5 Å². The molecule has 0 saturated heterocycles. The Morgan fingerprint density at radius 1 is 1.20 bits per heavy atom. The van der Waals surface area contributed by atoms with Crippen LogP contribution in [0.5, 0.6) is 0 Å². The van der Waals surface area contributed by atoms with E-state index >= 15 is 0 Å². The zero-order chi connectivity index (χ0) is 22.3. The maximum absolute atomic E-state index is 13.0. The second-order valence-electron chi connectivity index (χ2n) is 8.24. The third-order valence-electron chi connectivity index (χ3n) is 6.00. The van der Waals surface area contributed by atoms with Crippen LogP contribution in [-0.4, -0.2) is 32.0 Å². The minimum atomic E-state index is -0.0778. The number of carbonyl (C=O) groups excluding carboxylic acids is 2. The van der Waals surface area contributed by atoms with Crippen molar-refractivity contribution >= 4 is 33.9 Å². The van der Waals surface area contributed by atoms with E-state index < -0.39 is 0 Å². The number of nitrogens with one attached hydrogen (secondary N) is 2. The van der Waals surface area contributed by atoms with Crippen molar-refractivity contribution in [2.24, 2.45) is 0 Å². The van der Waals surface area contributed by atoms with Gasteiger partial charge in [0.1, 0.15) is 0 Å². The SMILES string of the molecule is C/C(=C/C(C)=C(\C)CNC(=O)c1cc(Br)cc(N(C)C2CCCCC2)c1C)NC=O. The Morgan fingerprint density at radius 2 is 1.87 bits per heavy atom. The number of nitrogens with zero attached hydrogens (tertiary/aromatic N) is 1. The lowest BCUT2D eigenvalue weighted by Crippen LogP contribution is -2.34. The van der Waals surface area contributed by atoms with Gasteiger partial charge in [-0.15, -0.1) is 0 Å². The van der Waals surface area contributed by atoms with Gasteiger partial charge in [-0.3, -0.25) is 9.59 Å². The highest BCUT2D eigenvalue weighted by atomic mass is 79.9. The molecule has 1 aliphatic rings. The topological polar surface area (TPSA) is 61.4 Å². The molecule has 2 rings (SSSR count). The highest BCUT2D eigenvalue weighted by Crippen LogP contribution is 2.32. The number of allylic oxidation sites excluding steroid dienone is 3. The summed E-state index contributed by atoms with van der Waals surface area (Å²) >= 11 is 3.59. The molecule has 0 bridgehead atoms. The molecule has 1 aliphatic carbocycles. The monoisotopic (exact) mass is 475 g/mol. The smallest absolute Gasteiger partial charge is 0.251 e. The molecule has 30 heavy (non-hydrogen) atoms. The number of rotatable bonds is 8. The minimum absolute atomic E-state index is 0.0778.